The second kappa shape index (κ2) is 13.4. The molecule has 56 heavy (non-hydrogen) atoms. The van der Waals surface area contributed by atoms with Crippen LogP contribution in [-0.4, -0.2) is 23.4 Å². The van der Waals surface area contributed by atoms with Crippen molar-refractivity contribution in [2.75, 3.05) is 13.2 Å². The first-order valence-electron chi connectivity index (χ1n) is 19.0. The summed E-state index contributed by atoms with van der Waals surface area (Å²) in [5.41, 5.74) is 13.1. The molecule has 10 rings (SSSR count). The van der Waals surface area contributed by atoms with Gasteiger partial charge in [-0.15, -0.1) is 0 Å². The Balaban J connectivity index is 0.894. The summed E-state index contributed by atoms with van der Waals surface area (Å²) in [5.74, 6) is 2.02. The van der Waals surface area contributed by atoms with Crippen molar-refractivity contribution in [2.45, 2.75) is 10.8 Å². The summed E-state index contributed by atoms with van der Waals surface area (Å²) >= 11 is 0. The minimum absolute atomic E-state index is 0.244. The van der Waals surface area contributed by atoms with Crippen molar-refractivity contribution >= 4 is 0 Å². The molecular formula is C52H38O4. The van der Waals surface area contributed by atoms with E-state index in [9.17, 15) is 10.2 Å². The summed E-state index contributed by atoms with van der Waals surface area (Å²) in [6, 6.07) is 66.4. The Hall–Kier alpha value is -7.04. The Kier molecular flexibility index (Phi) is 8.00. The number of aromatic hydroxyl groups is 2. The van der Waals surface area contributed by atoms with E-state index in [1.807, 2.05) is 48.5 Å². The molecule has 0 radical (unpaired) electrons. The number of rotatable bonds is 9. The van der Waals surface area contributed by atoms with Crippen molar-refractivity contribution in [3.8, 4) is 45.3 Å². The molecule has 0 bridgehead atoms. The van der Waals surface area contributed by atoms with E-state index in [0.29, 0.717) is 13.2 Å². The van der Waals surface area contributed by atoms with Crippen LogP contribution >= 0.6 is 0 Å². The van der Waals surface area contributed by atoms with Gasteiger partial charge in [0.25, 0.3) is 0 Å². The third kappa shape index (κ3) is 5.06. The topological polar surface area (TPSA) is 58.9 Å². The van der Waals surface area contributed by atoms with Gasteiger partial charge in [-0.05, 0) is 115 Å². The third-order valence-corrected chi connectivity index (χ3v) is 11.7. The fraction of sp³-hybridized carbons (Fsp3) is 0.0769. The summed E-state index contributed by atoms with van der Waals surface area (Å²) in [5, 5.41) is 20.4. The first kappa shape index (κ1) is 33.5. The number of benzene rings is 8. The van der Waals surface area contributed by atoms with E-state index in [1.165, 1.54) is 44.5 Å². The summed E-state index contributed by atoms with van der Waals surface area (Å²) in [4.78, 5) is 0. The van der Waals surface area contributed by atoms with Gasteiger partial charge in [-0.2, -0.15) is 0 Å². The van der Waals surface area contributed by atoms with E-state index in [4.69, 9.17) is 9.47 Å². The molecule has 4 heteroatoms. The molecule has 0 fully saturated rings. The molecule has 0 aromatic heterocycles. The first-order valence-corrected chi connectivity index (χ1v) is 19.0. The van der Waals surface area contributed by atoms with Gasteiger partial charge in [-0.1, -0.05) is 146 Å². The smallest absolute Gasteiger partial charge is 0.122 e. The lowest BCUT2D eigenvalue weighted by Gasteiger charge is -2.34. The minimum atomic E-state index is -0.543. The van der Waals surface area contributed by atoms with Gasteiger partial charge in [-0.25, -0.2) is 0 Å². The van der Waals surface area contributed by atoms with E-state index in [2.05, 4.69) is 121 Å². The molecule has 2 aliphatic rings. The maximum atomic E-state index is 10.2. The van der Waals surface area contributed by atoms with Crippen molar-refractivity contribution < 1.29 is 19.7 Å². The van der Waals surface area contributed by atoms with Crippen LogP contribution in [0.25, 0.3) is 22.3 Å². The molecule has 8 aromatic carbocycles. The fourth-order valence-corrected chi connectivity index (χ4v) is 9.39. The molecule has 0 unspecified atom stereocenters. The van der Waals surface area contributed by atoms with E-state index in [1.54, 1.807) is 24.3 Å². The first-order chi connectivity index (χ1) is 27.6. The Labute approximate surface area is 326 Å². The van der Waals surface area contributed by atoms with Gasteiger partial charge in [0.05, 0.1) is 10.8 Å². The van der Waals surface area contributed by atoms with Crippen molar-refractivity contribution in [2.24, 2.45) is 0 Å². The van der Waals surface area contributed by atoms with Gasteiger partial charge in [0.1, 0.15) is 36.2 Å². The van der Waals surface area contributed by atoms with E-state index < -0.39 is 10.8 Å². The van der Waals surface area contributed by atoms with Crippen molar-refractivity contribution in [1.29, 1.82) is 0 Å². The Morgan fingerprint density at radius 2 is 0.554 bits per heavy atom. The van der Waals surface area contributed by atoms with Crippen molar-refractivity contribution in [3.05, 3.63) is 239 Å². The van der Waals surface area contributed by atoms with Gasteiger partial charge < -0.3 is 19.7 Å². The molecule has 0 amide bonds. The van der Waals surface area contributed by atoms with Crippen LogP contribution in [0, 0.1) is 0 Å². The normalized spacial score (nSPS) is 13.9. The van der Waals surface area contributed by atoms with Gasteiger partial charge in [0, 0.05) is 0 Å². The summed E-state index contributed by atoms with van der Waals surface area (Å²) in [6.45, 7) is 0.766. The van der Waals surface area contributed by atoms with Crippen LogP contribution in [0.3, 0.4) is 0 Å². The van der Waals surface area contributed by atoms with Crippen LogP contribution in [0.15, 0.2) is 194 Å². The molecule has 4 nitrogen and oxygen atoms in total. The van der Waals surface area contributed by atoms with Gasteiger partial charge in [0.15, 0.2) is 0 Å². The molecule has 2 aliphatic carbocycles. The minimum Gasteiger partial charge on any atom is -0.508 e. The Morgan fingerprint density at radius 1 is 0.304 bits per heavy atom. The molecule has 0 heterocycles. The summed E-state index contributed by atoms with van der Waals surface area (Å²) < 4.78 is 12.5. The van der Waals surface area contributed by atoms with E-state index in [0.717, 1.165) is 33.8 Å². The molecule has 0 atom stereocenters. The number of phenols is 2. The van der Waals surface area contributed by atoms with Gasteiger partial charge in [0.2, 0.25) is 0 Å². The standard InChI is InChI=1S/C52H38O4/c53-39-25-17-35(18-26-39)51(47-13-5-1-9-43(47)44-10-2-6-14-48(44)51)37-21-29-41(30-22-37)55-33-34-56-42-31-23-38(24-32-42)52(36-19-27-40(54)28-20-36)49-15-7-3-11-45(49)46-12-4-8-16-50(46)52/h1-32,53-54H,33-34H2. The lowest BCUT2D eigenvalue weighted by Crippen LogP contribution is -2.28. The third-order valence-electron chi connectivity index (χ3n) is 11.7. The van der Waals surface area contributed by atoms with Crippen LogP contribution in [0.4, 0.5) is 0 Å². The number of hydrogen-bond donors (Lipinski definition) is 2. The highest BCUT2D eigenvalue weighted by Gasteiger charge is 2.47. The molecular weight excluding hydrogens is 689 g/mol. The zero-order chi connectivity index (χ0) is 37.7. The average Bonchev–Trinajstić information content (AvgIpc) is 3.72. The highest BCUT2D eigenvalue weighted by Crippen LogP contribution is 2.57. The summed E-state index contributed by atoms with van der Waals surface area (Å²) in [6.07, 6.45) is 0. The zero-order valence-electron chi connectivity index (χ0n) is 30.6. The molecule has 8 aromatic rings. The van der Waals surface area contributed by atoms with Crippen LogP contribution in [-0.2, 0) is 10.8 Å². The highest BCUT2D eigenvalue weighted by atomic mass is 16.5. The van der Waals surface area contributed by atoms with Crippen LogP contribution < -0.4 is 9.47 Å². The monoisotopic (exact) mass is 726 g/mol. The number of hydrogen-bond acceptors (Lipinski definition) is 4. The SMILES string of the molecule is Oc1ccc(C2(c3ccc(OCCOc4ccc(C5(c6ccc(O)cc6)c6ccccc6-c6ccccc65)cc4)cc3)c3ccccc3-c3ccccc32)cc1. The molecule has 0 aliphatic heterocycles. The largest absolute Gasteiger partial charge is 0.508 e. The number of fused-ring (bicyclic) bond motifs is 6. The molecule has 270 valence electrons. The number of phenolic OH excluding ortho intramolecular Hbond substituents is 2. The second-order valence-electron chi connectivity index (χ2n) is 14.5. The number of ether oxygens (including phenoxy) is 2. The Morgan fingerprint density at radius 3 is 0.839 bits per heavy atom. The highest BCUT2D eigenvalue weighted by molar-refractivity contribution is 5.87. The van der Waals surface area contributed by atoms with Gasteiger partial charge in [-0.3, -0.25) is 0 Å². The fourth-order valence-electron chi connectivity index (χ4n) is 9.39. The molecule has 0 spiro atoms. The lowest BCUT2D eigenvalue weighted by molar-refractivity contribution is 0.217. The van der Waals surface area contributed by atoms with Crippen molar-refractivity contribution in [3.63, 3.8) is 0 Å². The lowest BCUT2D eigenvalue weighted by atomic mass is 9.68. The van der Waals surface area contributed by atoms with E-state index in [-0.39, 0.29) is 11.5 Å². The van der Waals surface area contributed by atoms with Crippen LogP contribution in [0.5, 0.6) is 23.0 Å². The maximum Gasteiger partial charge on any atom is 0.122 e. The average molecular weight is 727 g/mol. The van der Waals surface area contributed by atoms with E-state index >= 15 is 0 Å². The maximum absolute atomic E-state index is 10.2. The quantitative estimate of drug-likeness (QED) is 0.145. The molecule has 2 N–H and O–H groups in total. The molecule has 0 saturated heterocycles. The summed E-state index contributed by atoms with van der Waals surface area (Å²) in [7, 11) is 0. The molecule has 0 saturated carbocycles. The van der Waals surface area contributed by atoms with Crippen molar-refractivity contribution in [1.82, 2.24) is 0 Å². The predicted molar refractivity (Wildman–Crippen MR) is 222 cm³/mol. The van der Waals surface area contributed by atoms with Crippen LogP contribution in [0.1, 0.15) is 44.5 Å². The Bertz CT molecular complexity index is 2410. The predicted octanol–water partition coefficient (Wildman–Crippen LogP) is 11.3. The second-order valence-corrected chi connectivity index (χ2v) is 14.5. The van der Waals surface area contributed by atoms with Crippen LogP contribution in [0.2, 0.25) is 0 Å². The zero-order valence-corrected chi connectivity index (χ0v) is 30.6. The van der Waals surface area contributed by atoms with Gasteiger partial charge >= 0.3 is 0 Å².